The number of anilines is 1. The van der Waals surface area contributed by atoms with Crippen molar-refractivity contribution >= 4 is 11.4 Å². The zero-order valence-electron chi connectivity index (χ0n) is 12.0. The van der Waals surface area contributed by atoms with E-state index in [4.69, 9.17) is 0 Å². The van der Waals surface area contributed by atoms with Crippen molar-refractivity contribution in [1.82, 2.24) is 9.55 Å². The summed E-state index contributed by atoms with van der Waals surface area (Å²) in [5, 5.41) is 14.3. The highest BCUT2D eigenvalue weighted by Crippen LogP contribution is 2.35. The van der Waals surface area contributed by atoms with Gasteiger partial charge in [0.15, 0.2) is 0 Å². The topological polar surface area (TPSA) is 73.0 Å². The lowest BCUT2D eigenvalue weighted by Crippen LogP contribution is -2.06. The second-order valence-electron chi connectivity index (χ2n) is 5.33. The largest absolute Gasteiger partial charge is 0.379 e. The average molecular weight is 286 g/mol. The van der Waals surface area contributed by atoms with Crippen molar-refractivity contribution in [3.05, 3.63) is 52.1 Å². The molecular formula is C15H18N4O2. The van der Waals surface area contributed by atoms with Gasteiger partial charge in [-0.3, -0.25) is 10.1 Å². The van der Waals surface area contributed by atoms with Gasteiger partial charge in [0, 0.05) is 29.6 Å². The van der Waals surface area contributed by atoms with Crippen LogP contribution >= 0.6 is 0 Å². The number of nitrogens with zero attached hydrogens (tertiary/aromatic N) is 3. The summed E-state index contributed by atoms with van der Waals surface area (Å²) in [6, 6.07) is 5.90. The first kappa shape index (κ1) is 13.6. The molecule has 1 fully saturated rings. The van der Waals surface area contributed by atoms with Crippen LogP contribution in [0.3, 0.4) is 0 Å². The van der Waals surface area contributed by atoms with Gasteiger partial charge < -0.3 is 9.88 Å². The number of rotatable bonds is 6. The van der Waals surface area contributed by atoms with Gasteiger partial charge in [-0.25, -0.2) is 4.98 Å². The summed E-state index contributed by atoms with van der Waals surface area (Å²) in [6.07, 6.45) is 6.78. The highest BCUT2D eigenvalue weighted by Gasteiger charge is 2.25. The number of nitro groups is 1. The molecule has 1 saturated carbocycles. The first-order valence-electron chi connectivity index (χ1n) is 7.21. The molecule has 0 aliphatic heterocycles. The zero-order chi connectivity index (χ0) is 14.8. The second kappa shape index (κ2) is 5.55. The number of hydrogen-bond donors (Lipinski definition) is 1. The molecule has 110 valence electrons. The summed E-state index contributed by atoms with van der Waals surface area (Å²) in [7, 11) is 0. The van der Waals surface area contributed by atoms with Crippen LogP contribution in [0.25, 0.3) is 0 Å². The van der Waals surface area contributed by atoms with Gasteiger partial charge in [0.1, 0.15) is 0 Å². The molecule has 0 amide bonds. The van der Waals surface area contributed by atoms with E-state index in [1.807, 2.05) is 31.6 Å². The van der Waals surface area contributed by atoms with Crippen molar-refractivity contribution in [2.24, 2.45) is 0 Å². The average Bonchev–Trinajstić information content (AvgIpc) is 3.23. The van der Waals surface area contributed by atoms with Gasteiger partial charge in [-0.15, -0.1) is 0 Å². The summed E-state index contributed by atoms with van der Waals surface area (Å²) >= 11 is 0. The highest BCUT2D eigenvalue weighted by molar-refractivity contribution is 5.55. The fraction of sp³-hybridized carbons (Fsp3) is 0.400. The van der Waals surface area contributed by atoms with E-state index in [1.165, 1.54) is 12.8 Å². The monoisotopic (exact) mass is 286 g/mol. The first-order valence-corrected chi connectivity index (χ1v) is 7.21. The number of nitro benzene ring substituents is 1. The van der Waals surface area contributed by atoms with E-state index >= 15 is 0 Å². The molecule has 6 nitrogen and oxygen atoms in total. The van der Waals surface area contributed by atoms with Crippen molar-refractivity contribution in [2.75, 3.05) is 5.32 Å². The molecular weight excluding hydrogens is 268 g/mol. The Morgan fingerprint density at radius 1 is 1.48 bits per heavy atom. The lowest BCUT2D eigenvalue weighted by molar-refractivity contribution is -0.385. The lowest BCUT2D eigenvalue weighted by Gasteiger charge is -2.10. The molecule has 0 saturated heterocycles. The number of imidazole rings is 1. The summed E-state index contributed by atoms with van der Waals surface area (Å²) in [5.41, 5.74) is 2.81. The van der Waals surface area contributed by atoms with E-state index in [1.54, 1.807) is 6.07 Å². The Kier molecular flexibility index (Phi) is 3.60. The Bertz CT molecular complexity index is 661. The van der Waals surface area contributed by atoms with Gasteiger partial charge in [0.25, 0.3) is 5.69 Å². The van der Waals surface area contributed by atoms with E-state index < -0.39 is 0 Å². The van der Waals surface area contributed by atoms with Gasteiger partial charge in [-0.05, 0) is 25.3 Å². The molecule has 1 aliphatic rings. The van der Waals surface area contributed by atoms with Crippen LogP contribution in [0.15, 0.2) is 30.7 Å². The lowest BCUT2D eigenvalue weighted by atomic mass is 10.1. The molecule has 3 rings (SSSR count). The molecule has 1 N–H and O–H groups in total. The van der Waals surface area contributed by atoms with Crippen molar-refractivity contribution < 1.29 is 4.92 Å². The van der Waals surface area contributed by atoms with E-state index in [-0.39, 0.29) is 10.6 Å². The summed E-state index contributed by atoms with van der Waals surface area (Å²) < 4.78 is 2.18. The van der Waals surface area contributed by atoms with Crippen LogP contribution in [-0.2, 0) is 13.0 Å². The third kappa shape index (κ3) is 2.89. The van der Waals surface area contributed by atoms with E-state index in [2.05, 4.69) is 14.9 Å². The molecule has 1 aliphatic carbocycles. The van der Waals surface area contributed by atoms with Crippen LogP contribution in [0.2, 0.25) is 0 Å². The number of hydrogen-bond acceptors (Lipinski definition) is 4. The van der Waals surface area contributed by atoms with E-state index in [0.717, 1.165) is 16.9 Å². The molecule has 21 heavy (non-hydrogen) atoms. The molecule has 0 radical (unpaired) electrons. The van der Waals surface area contributed by atoms with Gasteiger partial charge in [-0.2, -0.15) is 0 Å². The number of benzene rings is 1. The number of aryl methyl sites for hydroxylation is 1. The van der Waals surface area contributed by atoms with Crippen molar-refractivity contribution in [2.45, 2.75) is 38.8 Å². The SMILES string of the molecule is CCc1ccc(NCc2cncn2C2CC2)cc1[N+](=O)[O-]. The van der Waals surface area contributed by atoms with E-state index in [0.29, 0.717) is 19.0 Å². The minimum Gasteiger partial charge on any atom is -0.379 e. The summed E-state index contributed by atoms with van der Waals surface area (Å²) in [5.74, 6) is 0. The van der Waals surface area contributed by atoms with Gasteiger partial charge in [0.05, 0.1) is 23.5 Å². The Hall–Kier alpha value is -2.37. The molecule has 6 heteroatoms. The molecule has 1 heterocycles. The maximum Gasteiger partial charge on any atom is 0.274 e. The fourth-order valence-corrected chi connectivity index (χ4v) is 2.49. The molecule has 0 atom stereocenters. The minimum absolute atomic E-state index is 0.179. The van der Waals surface area contributed by atoms with Crippen LogP contribution < -0.4 is 5.32 Å². The van der Waals surface area contributed by atoms with Gasteiger partial charge in [-0.1, -0.05) is 13.0 Å². The van der Waals surface area contributed by atoms with Crippen LogP contribution in [0.4, 0.5) is 11.4 Å². The molecule has 1 aromatic heterocycles. The Balaban J connectivity index is 1.74. The predicted molar refractivity (Wildman–Crippen MR) is 80.3 cm³/mol. The number of nitrogens with one attached hydrogen (secondary N) is 1. The zero-order valence-corrected chi connectivity index (χ0v) is 12.0. The van der Waals surface area contributed by atoms with E-state index in [9.17, 15) is 10.1 Å². The summed E-state index contributed by atoms with van der Waals surface area (Å²) in [6.45, 7) is 2.54. The van der Waals surface area contributed by atoms with Crippen LogP contribution in [0, 0.1) is 10.1 Å². The maximum atomic E-state index is 11.1. The van der Waals surface area contributed by atoms with Gasteiger partial charge in [0.2, 0.25) is 0 Å². The standard InChI is InChI=1S/C15H18N4O2/c1-2-11-3-4-12(7-15(11)19(20)21)17-9-14-8-16-10-18(14)13-5-6-13/h3-4,7-8,10,13,17H,2,5-6,9H2,1H3. The Morgan fingerprint density at radius 3 is 2.95 bits per heavy atom. The third-order valence-electron chi connectivity index (χ3n) is 3.82. The smallest absolute Gasteiger partial charge is 0.274 e. The molecule has 0 spiro atoms. The Morgan fingerprint density at radius 2 is 2.29 bits per heavy atom. The Labute approximate surface area is 123 Å². The highest BCUT2D eigenvalue weighted by atomic mass is 16.6. The van der Waals surface area contributed by atoms with Crippen molar-refractivity contribution in [3.8, 4) is 0 Å². The fourth-order valence-electron chi connectivity index (χ4n) is 2.49. The quantitative estimate of drug-likeness (QED) is 0.653. The van der Waals surface area contributed by atoms with Crippen LogP contribution in [-0.4, -0.2) is 14.5 Å². The van der Waals surface area contributed by atoms with Gasteiger partial charge >= 0.3 is 0 Å². The minimum atomic E-state index is -0.321. The van der Waals surface area contributed by atoms with Crippen LogP contribution in [0.5, 0.6) is 0 Å². The normalized spacial score (nSPS) is 14.1. The van der Waals surface area contributed by atoms with Crippen molar-refractivity contribution in [1.29, 1.82) is 0 Å². The molecule has 0 unspecified atom stereocenters. The third-order valence-corrected chi connectivity index (χ3v) is 3.82. The number of aromatic nitrogens is 2. The predicted octanol–water partition coefficient (Wildman–Crippen LogP) is 3.30. The molecule has 1 aromatic carbocycles. The molecule has 2 aromatic rings. The maximum absolute atomic E-state index is 11.1. The van der Waals surface area contributed by atoms with Crippen molar-refractivity contribution in [3.63, 3.8) is 0 Å². The van der Waals surface area contributed by atoms with Crippen LogP contribution in [0.1, 0.15) is 37.1 Å². The first-order chi connectivity index (χ1) is 10.2. The second-order valence-corrected chi connectivity index (χ2v) is 5.33. The summed E-state index contributed by atoms with van der Waals surface area (Å²) in [4.78, 5) is 14.9. The molecule has 0 bridgehead atoms.